The van der Waals surface area contributed by atoms with Crippen LogP contribution in [-0.4, -0.2) is 58.0 Å². The summed E-state index contributed by atoms with van der Waals surface area (Å²) < 4.78 is 5.50. The van der Waals surface area contributed by atoms with Crippen molar-refractivity contribution in [2.24, 2.45) is 11.8 Å². The summed E-state index contributed by atoms with van der Waals surface area (Å²) in [5.41, 5.74) is 1.40. The summed E-state index contributed by atoms with van der Waals surface area (Å²) in [6.45, 7) is 8.99. The van der Waals surface area contributed by atoms with Crippen molar-refractivity contribution in [3.8, 4) is 11.3 Å². The number of pyridine rings is 1. The number of carbonyl (C=O) groups is 1. The van der Waals surface area contributed by atoms with Gasteiger partial charge >= 0.3 is 6.09 Å². The fourth-order valence-electron chi connectivity index (χ4n) is 3.83. The highest BCUT2D eigenvalue weighted by molar-refractivity contribution is 5.68. The molecule has 2 atom stereocenters. The zero-order chi connectivity index (χ0) is 19.0. The smallest absolute Gasteiger partial charge is 0.410 e. The molecule has 27 heavy (non-hydrogen) atoms. The second-order valence-electron chi connectivity index (χ2n) is 8.32. The van der Waals surface area contributed by atoms with E-state index in [2.05, 4.69) is 20.1 Å². The molecule has 7 nitrogen and oxygen atoms in total. The summed E-state index contributed by atoms with van der Waals surface area (Å²) in [7, 11) is 0. The largest absolute Gasteiger partial charge is 0.444 e. The first kappa shape index (κ1) is 17.7. The number of ether oxygens (including phenoxy) is 1. The van der Waals surface area contributed by atoms with Crippen LogP contribution >= 0.6 is 0 Å². The zero-order valence-corrected chi connectivity index (χ0v) is 16.0. The van der Waals surface area contributed by atoms with E-state index in [-0.39, 0.29) is 6.09 Å². The number of aromatic nitrogens is 3. The molecule has 0 radical (unpaired) electrons. The number of anilines is 1. The second kappa shape index (κ2) is 6.79. The van der Waals surface area contributed by atoms with E-state index in [4.69, 9.17) is 4.74 Å². The van der Waals surface area contributed by atoms with Gasteiger partial charge in [0.15, 0.2) is 5.82 Å². The minimum Gasteiger partial charge on any atom is -0.444 e. The third kappa shape index (κ3) is 3.86. The van der Waals surface area contributed by atoms with Gasteiger partial charge in [-0.05, 0) is 45.0 Å². The number of hydrogen-bond donors (Lipinski definition) is 0. The Labute approximate surface area is 159 Å². The van der Waals surface area contributed by atoms with Crippen LogP contribution in [0, 0.1) is 11.8 Å². The van der Waals surface area contributed by atoms with Crippen LogP contribution in [0.3, 0.4) is 0 Å². The Morgan fingerprint density at radius 2 is 1.67 bits per heavy atom. The summed E-state index contributed by atoms with van der Waals surface area (Å²) in [4.78, 5) is 20.4. The number of fused-ring (bicyclic) bond motifs is 1. The minimum absolute atomic E-state index is 0.204. The van der Waals surface area contributed by atoms with Crippen molar-refractivity contribution < 1.29 is 9.53 Å². The van der Waals surface area contributed by atoms with Gasteiger partial charge in [0.2, 0.25) is 0 Å². The molecular weight excluding hydrogens is 342 g/mol. The average Bonchev–Trinajstić information content (AvgIpc) is 3.20. The highest BCUT2D eigenvalue weighted by Gasteiger charge is 2.43. The summed E-state index contributed by atoms with van der Waals surface area (Å²) >= 11 is 0. The van der Waals surface area contributed by atoms with Crippen LogP contribution in [0.2, 0.25) is 0 Å². The van der Waals surface area contributed by atoms with Gasteiger partial charge in [-0.1, -0.05) is 0 Å². The van der Waals surface area contributed by atoms with Crippen molar-refractivity contribution in [1.82, 2.24) is 20.1 Å². The van der Waals surface area contributed by atoms with E-state index in [1.807, 2.05) is 49.9 Å². The number of nitrogens with zero attached hydrogens (tertiary/aromatic N) is 5. The van der Waals surface area contributed by atoms with Crippen LogP contribution in [0.15, 0.2) is 36.7 Å². The molecule has 142 valence electrons. The van der Waals surface area contributed by atoms with Gasteiger partial charge in [-0.2, -0.15) is 0 Å². The van der Waals surface area contributed by atoms with Crippen molar-refractivity contribution in [3.05, 3.63) is 36.7 Å². The van der Waals surface area contributed by atoms with Crippen LogP contribution in [0.1, 0.15) is 20.8 Å². The maximum atomic E-state index is 12.3. The van der Waals surface area contributed by atoms with E-state index in [0.717, 1.165) is 43.3 Å². The Kier molecular flexibility index (Phi) is 4.45. The standard InChI is InChI=1S/C20H25N5O2/c1-20(2,3)27-19(26)25-12-15-10-24(11-16(15)13-25)18-5-4-17(22-23-18)14-6-8-21-9-7-14/h4-9,15-16H,10-13H2,1-3H3/t15-,16-/m0/s1. The lowest BCUT2D eigenvalue weighted by molar-refractivity contribution is 0.0282. The molecule has 2 aromatic heterocycles. The molecule has 1 amide bonds. The van der Waals surface area contributed by atoms with Gasteiger partial charge in [-0.15, -0.1) is 10.2 Å². The SMILES string of the molecule is CC(C)(C)OC(=O)N1C[C@@H]2CN(c3ccc(-c4ccncc4)nn3)C[C@H]2C1. The number of hydrogen-bond acceptors (Lipinski definition) is 6. The molecule has 0 unspecified atom stereocenters. The van der Waals surface area contributed by atoms with E-state index >= 15 is 0 Å². The lowest BCUT2D eigenvalue weighted by Crippen LogP contribution is -2.37. The van der Waals surface area contributed by atoms with Crippen molar-refractivity contribution in [2.75, 3.05) is 31.1 Å². The van der Waals surface area contributed by atoms with E-state index in [9.17, 15) is 4.79 Å². The molecule has 4 heterocycles. The zero-order valence-electron chi connectivity index (χ0n) is 16.0. The first-order valence-corrected chi connectivity index (χ1v) is 9.36. The van der Waals surface area contributed by atoms with Crippen molar-refractivity contribution in [3.63, 3.8) is 0 Å². The topological polar surface area (TPSA) is 71.5 Å². The predicted molar refractivity (Wildman–Crippen MR) is 102 cm³/mol. The average molecular weight is 367 g/mol. The highest BCUT2D eigenvalue weighted by atomic mass is 16.6. The second-order valence-corrected chi connectivity index (χ2v) is 8.32. The number of rotatable bonds is 2. The lowest BCUT2D eigenvalue weighted by atomic mass is 10.0. The Bertz CT molecular complexity index is 789. The quantitative estimate of drug-likeness (QED) is 0.813. The Morgan fingerprint density at radius 3 is 2.22 bits per heavy atom. The normalized spacial score (nSPS) is 22.0. The highest BCUT2D eigenvalue weighted by Crippen LogP contribution is 2.34. The van der Waals surface area contributed by atoms with Crippen LogP contribution in [0.5, 0.6) is 0 Å². The summed E-state index contributed by atoms with van der Waals surface area (Å²) in [5, 5.41) is 8.78. The van der Waals surface area contributed by atoms with Crippen LogP contribution < -0.4 is 4.90 Å². The third-order valence-corrected chi connectivity index (χ3v) is 5.09. The van der Waals surface area contributed by atoms with Crippen molar-refractivity contribution in [2.45, 2.75) is 26.4 Å². The van der Waals surface area contributed by atoms with Gasteiger partial charge in [0.1, 0.15) is 5.60 Å². The molecule has 0 N–H and O–H groups in total. The van der Waals surface area contributed by atoms with E-state index in [1.165, 1.54) is 0 Å². The molecule has 2 aromatic rings. The summed E-state index contributed by atoms with van der Waals surface area (Å²) in [6.07, 6.45) is 3.30. The molecule has 7 heteroatoms. The van der Waals surface area contributed by atoms with Crippen molar-refractivity contribution >= 4 is 11.9 Å². The molecule has 2 aliphatic rings. The lowest BCUT2D eigenvalue weighted by Gasteiger charge is -2.26. The predicted octanol–water partition coefficient (Wildman–Crippen LogP) is 2.84. The van der Waals surface area contributed by atoms with Gasteiger partial charge in [0.25, 0.3) is 0 Å². The number of likely N-dealkylation sites (tertiary alicyclic amines) is 1. The van der Waals surface area contributed by atoms with Gasteiger partial charge in [-0.25, -0.2) is 4.79 Å². The summed E-state index contributed by atoms with van der Waals surface area (Å²) in [6, 6.07) is 7.87. The fourth-order valence-corrected chi connectivity index (χ4v) is 3.83. The van der Waals surface area contributed by atoms with Crippen LogP contribution in [-0.2, 0) is 4.74 Å². The molecule has 2 aliphatic heterocycles. The maximum absolute atomic E-state index is 12.3. The van der Waals surface area contributed by atoms with Gasteiger partial charge in [-0.3, -0.25) is 4.98 Å². The Balaban J connectivity index is 1.37. The molecule has 4 rings (SSSR count). The first-order chi connectivity index (χ1) is 12.9. The monoisotopic (exact) mass is 367 g/mol. The van der Waals surface area contributed by atoms with Crippen LogP contribution in [0.25, 0.3) is 11.3 Å². The molecule has 0 aliphatic carbocycles. The first-order valence-electron chi connectivity index (χ1n) is 9.36. The van der Waals surface area contributed by atoms with Gasteiger partial charge in [0, 0.05) is 56.0 Å². The molecule has 2 saturated heterocycles. The Hall–Kier alpha value is -2.70. The van der Waals surface area contributed by atoms with E-state index < -0.39 is 5.60 Å². The number of carbonyl (C=O) groups excluding carboxylic acids is 1. The maximum Gasteiger partial charge on any atom is 0.410 e. The van der Waals surface area contributed by atoms with E-state index in [1.54, 1.807) is 12.4 Å². The van der Waals surface area contributed by atoms with Crippen molar-refractivity contribution in [1.29, 1.82) is 0 Å². The fraction of sp³-hybridized carbons (Fsp3) is 0.500. The third-order valence-electron chi connectivity index (χ3n) is 5.09. The summed E-state index contributed by atoms with van der Waals surface area (Å²) in [5.74, 6) is 1.81. The minimum atomic E-state index is -0.451. The molecule has 0 spiro atoms. The number of amides is 1. The molecule has 0 aromatic carbocycles. The van der Waals surface area contributed by atoms with Crippen LogP contribution in [0.4, 0.5) is 10.6 Å². The molecule has 0 saturated carbocycles. The van der Waals surface area contributed by atoms with E-state index in [0.29, 0.717) is 11.8 Å². The van der Waals surface area contributed by atoms with Gasteiger partial charge in [0.05, 0.1) is 5.69 Å². The Morgan fingerprint density at radius 1 is 1.00 bits per heavy atom. The molecule has 0 bridgehead atoms. The molecular formula is C20H25N5O2. The van der Waals surface area contributed by atoms with Gasteiger partial charge < -0.3 is 14.5 Å². The molecule has 2 fully saturated rings.